The quantitative estimate of drug-likeness (QED) is 0.841. The van der Waals surface area contributed by atoms with Gasteiger partial charge in [-0.15, -0.1) is 0 Å². The first-order valence-corrected chi connectivity index (χ1v) is 6.57. The Hall–Kier alpha value is -1.35. The second-order valence-electron chi connectivity index (χ2n) is 4.75. The van der Waals surface area contributed by atoms with E-state index in [-0.39, 0.29) is 18.6 Å². The van der Waals surface area contributed by atoms with Gasteiger partial charge >= 0.3 is 0 Å². The predicted octanol–water partition coefficient (Wildman–Crippen LogP) is 2.48. The van der Waals surface area contributed by atoms with Crippen molar-refractivity contribution in [2.75, 3.05) is 13.7 Å². The fraction of sp³-hybridized carbons (Fsp3) is 0.533. The van der Waals surface area contributed by atoms with E-state index in [1.165, 1.54) is 18.4 Å². The molecule has 1 rings (SSSR count). The fourth-order valence-electron chi connectivity index (χ4n) is 1.72. The lowest BCUT2D eigenvalue weighted by atomic mass is 10.1. The van der Waals surface area contributed by atoms with Crippen LogP contribution in [-0.4, -0.2) is 35.6 Å². The molecule has 1 N–H and O–H groups in total. The van der Waals surface area contributed by atoms with Crippen molar-refractivity contribution < 1.29 is 9.90 Å². The summed E-state index contributed by atoms with van der Waals surface area (Å²) in [5.74, 6) is -0.0430. The zero-order valence-corrected chi connectivity index (χ0v) is 11.5. The van der Waals surface area contributed by atoms with Crippen LogP contribution in [0.4, 0.5) is 0 Å². The van der Waals surface area contributed by atoms with E-state index in [4.69, 9.17) is 5.11 Å². The van der Waals surface area contributed by atoms with Gasteiger partial charge in [0.1, 0.15) is 0 Å². The zero-order valence-electron chi connectivity index (χ0n) is 11.5. The summed E-state index contributed by atoms with van der Waals surface area (Å²) in [7, 11) is 1.72. The molecule has 0 radical (unpaired) electrons. The van der Waals surface area contributed by atoms with Gasteiger partial charge in [0.2, 0.25) is 0 Å². The highest BCUT2D eigenvalue weighted by Gasteiger charge is 2.16. The maximum atomic E-state index is 12.1. The lowest BCUT2D eigenvalue weighted by Gasteiger charge is -2.23. The molecule has 3 nitrogen and oxygen atoms in total. The number of hydrogen-bond acceptors (Lipinski definition) is 2. The Balaban J connectivity index is 2.69. The molecule has 0 saturated heterocycles. The summed E-state index contributed by atoms with van der Waals surface area (Å²) >= 11 is 0. The maximum Gasteiger partial charge on any atom is 0.253 e. The molecule has 1 aromatic rings. The third-order valence-electron chi connectivity index (χ3n) is 3.27. The summed E-state index contributed by atoms with van der Waals surface area (Å²) < 4.78 is 0. The highest BCUT2D eigenvalue weighted by Crippen LogP contribution is 2.10. The Bertz CT molecular complexity index is 373. The minimum absolute atomic E-state index is 0.0170. The zero-order chi connectivity index (χ0) is 13.5. The van der Waals surface area contributed by atoms with E-state index < -0.39 is 0 Å². The number of rotatable bonds is 6. The van der Waals surface area contributed by atoms with Crippen LogP contribution < -0.4 is 0 Å². The van der Waals surface area contributed by atoms with Crippen LogP contribution in [0.3, 0.4) is 0 Å². The lowest BCUT2D eigenvalue weighted by Crippen LogP contribution is -2.37. The van der Waals surface area contributed by atoms with Gasteiger partial charge in [-0.2, -0.15) is 0 Å². The number of amides is 1. The molecular formula is C15H23NO2. The van der Waals surface area contributed by atoms with Crippen molar-refractivity contribution in [1.82, 2.24) is 4.90 Å². The van der Waals surface area contributed by atoms with Crippen LogP contribution in [-0.2, 0) is 6.42 Å². The van der Waals surface area contributed by atoms with Crippen LogP contribution >= 0.6 is 0 Å². The van der Waals surface area contributed by atoms with Crippen molar-refractivity contribution in [1.29, 1.82) is 0 Å². The van der Waals surface area contributed by atoms with E-state index in [1.807, 2.05) is 31.2 Å². The minimum atomic E-state index is -0.155. The summed E-state index contributed by atoms with van der Waals surface area (Å²) in [4.78, 5) is 13.7. The van der Waals surface area contributed by atoms with Gasteiger partial charge in [0.15, 0.2) is 0 Å². The summed E-state index contributed by atoms with van der Waals surface area (Å²) in [6.45, 7) is 3.98. The molecule has 0 aliphatic rings. The van der Waals surface area contributed by atoms with Gasteiger partial charge in [-0.25, -0.2) is 0 Å². The van der Waals surface area contributed by atoms with Crippen LogP contribution in [0.25, 0.3) is 0 Å². The van der Waals surface area contributed by atoms with E-state index in [2.05, 4.69) is 6.92 Å². The molecule has 0 aromatic heterocycles. The van der Waals surface area contributed by atoms with Gasteiger partial charge in [0.05, 0.1) is 12.6 Å². The molecule has 1 aromatic carbocycles. The molecule has 0 aliphatic carbocycles. The number of carbonyl (C=O) groups is 1. The topological polar surface area (TPSA) is 40.5 Å². The lowest BCUT2D eigenvalue weighted by molar-refractivity contribution is 0.0682. The second-order valence-corrected chi connectivity index (χ2v) is 4.75. The van der Waals surface area contributed by atoms with Crippen molar-refractivity contribution in [2.45, 2.75) is 39.2 Å². The average molecular weight is 249 g/mol. The number of aliphatic hydroxyl groups excluding tert-OH is 1. The van der Waals surface area contributed by atoms with Crippen molar-refractivity contribution >= 4 is 5.91 Å². The van der Waals surface area contributed by atoms with Crippen LogP contribution in [0.1, 0.15) is 42.6 Å². The van der Waals surface area contributed by atoms with Crippen LogP contribution in [0.5, 0.6) is 0 Å². The van der Waals surface area contributed by atoms with Crippen LogP contribution in [0, 0.1) is 0 Å². The summed E-state index contributed by atoms with van der Waals surface area (Å²) in [6, 6.07) is 7.61. The highest BCUT2D eigenvalue weighted by molar-refractivity contribution is 5.94. The average Bonchev–Trinajstić information content (AvgIpc) is 2.43. The van der Waals surface area contributed by atoms with Crippen LogP contribution in [0.2, 0.25) is 0 Å². The van der Waals surface area contributed by atoms with Gasteiger partial charge in [-0.3, -0.25) is 4.79 Å². The first kappa shape index (κ1) is 14.7. The van der Waals surface area contributed by atoms with E-state index in [0.29, 0.717) is 5.56 Å². The normalized spacial score (nSPS) is 12.2. The number of hydrogen-bond donors (Lipinski definition) is 1. The Kier molecular flexibility index (Phi) is 5.86. The van der Waals surface area contributed by atoms with Crippen molar-refractivity contribution in [3.05, 3.63) is 35.4 Å². The Morgan fingerprint density at radius 1 is 1.33 bits per heavy atom. The number of benzene rings is 1. The molecule has 3 heteroatoms. The van der Waals surface area contributed by atoms with Crippen molar-refractivity contribution in [3.63, 3.8) is 0 Å². The second kappa shape index (κ2) is 7.17. The molecule has 0 fully saturated rings. The number of carbonyl (C=O) groups excluding carboxylic acids is 1. The molecule has 1 atom stereocenters. The van der Waals surface area contributed by atoms with Gasteiger partial charge in [0, 0.05) is 12.6 Å². The molecule has 0 bridgehead atoms. The summed E-state index contributed by atoms with van der Waals surface area (Å²) in [6.07, 6.45) is 3.42. The van der Waals surface area contributed by atoms with E-state index in [9.17, 15) is 4.79 Å². The standard InChI is InChI=1S/C15H23NO2/c1-4-5-6-13-7-9-14(10-8-13)15(18)16(3)12(2)11-17/h7-10,12,17H,4-6,11H2,1-3H3. The fourth-order valence-corrected chi connectivity index (χ4v) is 1.72. The molecule has 18 heavy (non-hydrogen) atoms. The molecule has 1 amide bonds. The monoisotopic (exact) mass is 249 g/mol. The molecule has 0 heterocycles. The third kappa shape index (κ3) is 3.84. The molecule has 0 saturated carbocycles. The summed E-state index contributed by atoms with van der Waals surface area (Å²) in [5.41, 5.74) is 1.95. The van der Waals surface area contributed by atoms with E-state index in [0.717, 1.165) is 6.42 Å². The van der Waals surface area contributed by atoms with Gasteiger partial charge in [-0.05, 0) is 37.5 Å². The van der Waals surface area contributed by atoms with Crippen LogP contribution in [0.15, 0.2) is 24.3 Å². The number of nitrogens with zero attached hydrogens (tertiary/aromatic N) is 1. The van der Waals surface area contributed by atoms with Gasteiger partial charge in [-0.1, -0.05) is 25.5 Å². The number of likely N-dealkylation sites (N-methyl/N-ethyl adjacent to an activating group) is 1. The Morgan fingerprint density at radius 3 is 2.44 bits per heavy atom. The molecular weight excluding hydrogens is 226 g/mol. The first-order chi connectivity index (χ1) is 8.60. The third-order valence-corrected chi connectivity index (χ3v) is 3.27. The predicted molar refractivity (Wildman–Crippen MR) is 73.7 cm³/mol. The highest BCUT2D eigenvalue weighted by atomic mass is 16.3. The van der Waals surface area contributed by atoms with Gasteiger partial charge < -0.3 is 10.0 Å². The van der Waals surface area contributed by atoms with E-state index in [1.54, 1.807) is 11.9 Å². The van der Waals surface area contributed by atoms with E-state index >= 15 is 0 Å². The summed E-state index contributed by atoms with van der Waals surface area (Å²) in [5, 5.41) is 9.05. The number of unbranched alkanes of at least 4 members (excludes halogenated alkanes) is 1. The molecule has 1 unspecified atom stereocenters. The maximum absolute atomic E-state index is 12.1. The Labute approximate surface area is 109 Å². The smallest absolute Gasteiger partial charge is 0.253 e. The Morgan fingerprint density at radius 2 is 1.94 bits per heavy atom. The van der Waals surface area contributed by atoms with Gasteiger partial charge in [0.25, 0.3) is 5.91 Å². The van der Waals surface area contributed by atoms with Crippen molar-refractivity contribution in [3.8, 4) is 0 Å². The molecule has 100 valence electrons. The largest absolute Gasteiger partial charge is 0.394 e. The SMILES string of the molecule is CCCCc1ccc(C(=O)N(C)C(C)CO)cc1. The molecule has 0 spiro atoms. The number of aliphatic hydroxyl groups is 1. The number of aryl methyl sites for hydroxylation is 1. The van der Waals surface area contributed by atoms with Crippen molar-refractivity contribution in [2.24, 2.45) is 0 Å². The molecule has 0 aliphatic heterocycles. The first-order valence-electron chi connectivity index (χ1n) is 6.57. The minimum Gasteiger partial charge on any atom is -0.394 e.